The quantitative estimate of drug-likeness (QED) is 0.500. The van der Waals surface area contributed by atoms with Crippen molar-refractivity contribution in [1.29, 1.82) is 0 Å². The molecule has 0 amide bonds. The van der Waals surface area contributed by atoms with E-state index >= 15 is 0 Å². The van der Waals surface area contributed by atoms with Gasteiger partial charge in [0.25, 0.3) is 0 Å². The Morgan fingerprint density at radius 1 is 1.06 bits per heavy atom. The highest BCUT2D eigenvalue weighted by Gasteiger charge is 2.08. The second-order valence-corrected chi connectivity index (χ2v) is 4.80. The maximum atomic E-state index is 10.3. The molecule has 1 unspecified atom stereocenters. The molecule has 0 aliphatic heterocycles. The van der Waals surface area contributed by atoms with Gasteiger partial charge in [-0.25, -0.2) is 0 Å². The van der Waals surface area contributed by atoms with Crippen molar-refractivity contribution in [3.8, 4) is 0 Å². The molecule has 0 aromatic heterocycles. The normalized spacial score (nSPS) is 12.6. The van der Waals surface area contributed by atoms with Gasteiger partial charge in [0, 0.05) is 6.61 Å². The highest BCUT2D eigenvalue weighted by atomic mass is 16.5. The predicted octanol–water partition coefficient (Wildman–Crippen LogP) is 2.98. The van der Waals surface area contributed by atoms with Crippen molar-refractivity contribution < 1.29 is 19.7 Å². The maximum Gasteiger partial charge on any atom is 0.306 e. The molecule has 0 aliphatic rings. The van der Waals surface area contributed by atoms with Crippen LogP contribution in [-0.2, 0) is 9.53 Å². The SMILES string of the molecule is CCCCCCCCCCOCC(O)CC(=O)O. The van der Waals surface area contributed by atoms with E-state index in [1.807, 2.05) is 0 Å². The van der Waals surface area contributed by atoms with Crippen molar-refractivity contribution in [2.45, 2.75) is 70.8 Å². The van der Waals surface area contributed by atoms with E-state index in [1.54, 1.807) is 0 Å². The minimum Gasteiger partial charge on any atom is -0.481 e. The lowest BCUT2D eigenvalue weighted by Crippen LogP contribution is -2.19. The van der Waals surface area contributed by atoms with Crippen molar-refractivity contribution in [2.75, 3.05) is 13.2 Å². The molecule has 0 bridgehead atoms. The topological polar surface area (TPSA) is 66.8 Å². The third-order valence-corrected chi connectivity index (χ3v) is 2.86. The Kier molecular flexibility index (Phi) is 12.4. The third-order valence-electron chi connectivity index (χ3n) is 2.86. The van der Waals surface area contributed by atoms with Gasteiger partial charge in [-0.05, 0) is 6.42 Å². The van der Waals surface area contributed by atoms with Gasteiger partial charge in [-0.3, -0.25) is 4.79 Å². The van der Waals surface area contributed by atoms with Gasteiger partial charge in [-0.1, -0.05) is 51.9 Å². The molecule has 0 saturated carbocycles. The number of carbonyl (C=O) groups is 1. The number of aliphatic hydroxyl groups is 1. The van der Waals surface area contributed by atoms with Crippen LogP contribution in [0.5, 0.6) is 0 Å². The highest BCUT2D eigenvalue weighted by Crippen LogP contribution is 2.08. The molecule has 0 aromatic carbocycles. The third kappa shape index (κ3) is 13.5. The Morgan fingerprint density at radius 2 is 1.61 bits per heavy atom. The fourth-order valence-corrected chi connectivity index (χ4v) is 1.82. The van der Waals surface area contributed by atoms with Gasteiger partial charge >= 0.3 is 5.97 Å². The van der Waals surface area contributed by atoms with Crippen LogP contribution >= 0.6 is 0 Å². The second-order valence-electron chi connectivity index (χ2n) is 4.80. The van der Waals surface area contributed by atoms with Crippen LogP contribution in [0.1, 0.15) is 64.7 Å². The van der Waals surface area contributed by atoms with E-state index in [4.69, 9.17) is 9.84 Å². The van der Waals surface area contributed by atoms with Gasteiger partial charge in [-0.15, -0.1) is 0 Å². The van der Waals surface area contributed by atoms with Crippen LogP contribution in [0.2, 0.25) is 0 Å². The summed E-state index contributed by atoms with van der Waals surface area (Å²) in [6.07, 6.45) is 8.85. The summed E-state index contributed by atoms with van der Waals surface area (Å²) < 4.78 is 5.23. The maximum absolute atomic E-state index is 10.3. The first-order chi connectivity index (χ1) is 8.66. The molecule has 0 spiro atoms. The number of carboxylic acid groups (broad SMARTS) is 1. The molecule has 4 nitrogen and oxygen atoms in total. The molecule has 0 aromatic rings. The lowest BCUT2D eigenvalue weighted by molar-refractivity contribution is -0.140. The molecular weight excluding hydrogens is 232 g/mol. The summed E-state index contributed by atoms with van der Waals surface area (Å²) in [5.74, 6) is -0.988. The van der Waals surface area contributed by atoms with E-state index in [1.165, 1.54) is 38.5 Å². The first-order valence-electron chi connectivity index (χ1n) is 7.14. The minimum atomic E-state index is -0.988. The highest BCUT2D eigenvalue weighted by molar-refractivity contribution is 5.67. The monoisotopic (exact) mass is 260 g/mol. The van der Waals surface area contributed by atoms with Crippen molar-refractivity contribution in [1.82, 2.24) is 0 Å². The average Bonchev–Trinajstić information content (AvgIpc) is 2.30. The molecule has 18 heavy (non-hydrogen) atoms. The molecule has 2 N–H and O–H groups in total. The fourth-order valence-electron chi connectivity index (χ4n) is 1.82. The zero-order chi connectivity index (χ0) is 13.6. The summed E-state index contributed by atoms with van der Waals surface area (Å²) in [6, 6.07) is 0. The summed E-state index contributed by atoms with van der Waals surface area (Å²) >= 11 is 0. The molecule has 0 fully saturated rings. The number of hydrogen-bond donors (Lipinski definition) is 2. The molecule has 4 heteroatoms. The summed E-state index contributed by atoms with van der Waals surface area (Å²) in [4.78, 5) is 10.3. The largest absolute Gasteiger partial charge is 0.481 e. The number of unbranched alkanes of at least 4 members (excludes halogenated alkanes) is 7. The van der Waals surface area contributed by atoms with Gasteiger partial charge in [0.1, 0.15) is 0 Å². The van der Waals surface area contributed by atoms with E-state index in [-0.39, 0.29) is 13.0 Å². The van der Waals surface area contributed by atoms with Crippen LogP contribution in [0.3, 0.4) is 0 Å². The summed E-state index contributed by atoms with van der Waals surface area (Å²) in [6.45, 7) is 2.96. The van der Waals surface area contributed by atoms with Crippen LogP contribution < -0.4 is 0 Å². The molecule has 0 heterocycles. The minimum absolute atomic E-state index is 0.128. The zero-order valence-electron chi connectivity index (χ0n) is 11.6. The van der Waals surface area contributed by atoms with E-state index in [2.05, 4.69) is 6.92 Å². The first kappa shape index (κ1) is 17.4. The van der Waals surface area contributed by atoms with E-state index < -0.39 is 12.1 Å². The lowest BCUT2D eigenvalue weighted by Gasteiger charge is -2.08. The van der Waals surface area contributed by atoms with Gasteiger partial charge in [0.2, 0.25) is 0 Å². The van der Waals surface area contributed by atoms with Gasteiger partial charge in [0.05, 0.1) is 19.1 Å². The summed E-state index contributed by atoms with van der Waals surface area (Å²) in [5, 5.41) is 17.7. The van der Waals surface area contributed by atoms with Crippen molar-refractivity contribution in [3.05, 3.63) is 0 Å². The molecule has 1 atom stereocenters. The Labute approximate surface area is 110 Å². The fraction of sp³-hybridized carbons (Fsp3) is 0.929. The molecule has 0 radical (unpaired) electrons. The molecule has 108 valence electrons. The van der Waals surface area contributed by atoms with Crippen molar-refractivity contribution >= 4 is 5.97 Å². The standard InChI is InChI=1S/C14H28O4/c1-2-3-4-5-6-7-8-9-10-18-12-13(15)11-14(16)17/h13,15H,2-12H2,1H3,(H,16,17). The Balaban J connectivity index is 3.09. The van der Waals surface area contributed by atoms with Gasteiger partial charge < -0.3 is 14.9 Å². The lowest BCUT2D eigenvalue weighted by atomic mass is 10.1. The zero-order valence-corrected chi connectivity index (χ0v) is 11.6. The van der Waals surface area contributed by atoms with Crippen molar-refractivity contribution in [3.63, 3.8) is 0 Å². The number of aliphatic carboxylic acids is 1. The number of rotatable bonds is 13. The van der Waals surface area contributed by atoms with Crippen LogP contribution in [0.4, 0.5) is 0 Å². The van der Waals surface area contributed by atoms with E-state index in [9.17, 15) is 9.90 Å². The number of hydrogen-bond acceptors (Lipinski definition) is 3. The predicted molar refractivity (Wildman–Crippen MR) is 71.7 cm³/mol. The summed E-state index contributed by atoms with van der Waals surface area (Å²) in [5.41, 5.74) is 0. The summed E-state index contributed by atoms with van der Waals surface area (Å²) in [7, 11) is 0. The Morgan fingerprint density at radius 3 is 2.17 bits per heavy atom. The van der Waals surface area contributed by atoms with Gasteiger partial charge in [0.15, 0.2) is 0 Å². The number of ether oxygens (including phenoxy) is 1. The second kappa shape index (κ2) is 12.8. The van der Waals surface area contributed by atoms with Crippen LogP contribution in [0, 0.1) is 0 Å². The first-order valence-corrected chi connectivity index (χ1v) is 7.14. The molecular formula is C14H28O4. The van der Waals surface area contributed by atoms with E-state index in [0.29, 0.717) is 6.61 Å². The number of aliphatic hydroxyl groups excluding tert-OH is 1. The average molecular weight is 260 g/mol. The van der Waals surface area contributed by atoms with Crippen molar-refractivity contribution in [2.24, 2.45) is 0 Å². The smallest absolute Gasteiger partial charge is 0.306 e. The Bertz CT molecular complexity index is 194. The molecule has 0 rings (SSSR count). The Hall–Kier alpha value is -0.610. The van der Waals surface area contributed by atoms with E-state index in [0.717, 1.165) is 12.8 Å². The number of carboxylic acids is 1. The van der Waals surface area contributed by atoms with Crippen LogP contribution in [-0.4, -0.2) is 35.5 Å². The molecule has 0 saturated heterocycles. The van der Waals surface area contributed by atoms with Crippen LogP contribution in [0.25, 0.3) is 0 Å². The van der Waals surface area contributed by atoms with Crippen LogP contribution in [0.15, 0.2) is 0 Å². The van der Waals surface area contributed by atoms with Gasteiger partial charge in [-0.2, -0.15) is 0 Å². The molecule has 0 aliphatic carbocycles.